The molecule has 2 aliphatic rings. The summed E-state index contributed by atoms with van der Waals surface area (Å²) in [6.45, 7) is 4.10. The molecule has 154 valence electrons. The molecule has 0 aliphatic carbocycles. The van der Waals surface area contributed by atoms with Crippen molar-refractivity contribution >= 4 is 5.91 Å². The second kappa shape index (κ2) is 8.59. The fourth-order valence-electron chi connectivity index (χ4n) is 4.39. The van der Waals surface area contributed by atoms with Crippen molar-refractivity contribution in [2.24, 2.45) is 5.73 Å². The van der Waals surface area contributed by atoms with Crippen molar-refractivity contribution in [1.29, 1.82) is 0 Å². The number of amides is 1. The van der Waals surface area contributed by atoms with E-state index in [1.807, 2.05) is 41.4 Å². The molecule has 2 aromatic rings. The van der Waals surface area contributed by atoms with Gasteiger partial charge in [-0.25, -0.2) is 9.97 Å². The highest BCUT2D eigenvalue weighted by atomic mass is 16.5. The standard InChI is InChI=1S/C23H30N4O2/c1-2-3-9-19(24)22(28)27-13-11-23(12-14-27)20-18(10-15-29-23)16-25-21(26-20)17-7-5-4-6-8-17/h4-8,16,19H,2-3,9-15,24H2,1H3/t19-/m0/s1. The number of hydrogen-bond acceptors (Lipinski definition) is 5. The molecule has 1 saturated heterocycles. The van der Waals surface area contributed by atoms with E-state index in [-0.39, 0.29) is 5.91 Å². The number of nitrogens with zero attached hydrogens (tertiary/aromatic N) is 3. The van der Waals surface area contributed by atoms with E-state index in [2.05, 4.69) is 11.9 Å². The molecule has 2 N–H and O–H groups in total. The van der Waals surface area contributed by atoms with Crippen molar-refractivity contribution < 1.29 is 9.53 Å². The van der Waals surface area contributed by atoms with E-state index < -0.39 is 11.6 Å². The van der Waals surface area contributed by atoms with E-state index in [1.54, 1.807) is 0 Å². The molecule has 1 spiro atoms. The maximum absolute atomic E-state index is 12.7. The second-order valence-electron chi connectivity index (χ2n) is 8.10. The Labute approximate surface area is 172 Å². The van der Waals surface area contributed by atoms with Crippen molar-refractivity contribution in [2.75, 3.05) is 19.7 Å². The van der Waals surface area contributed by atoms with Crippen molar-refractivity contribution in [3.63, 3.8) is 0 Å². The summed E-state index contributed by atoms with van der Waals surface area (Å²) in [5.41, 5.74) is 8.86. The highest BCUT2D eigenvalue weighted by Crippen LogP contribution is 2.41. The lowest BCUT2D eigenvalue weighted by Gasteiger charge is -2.44. The largest absolute Gasteiger partial charge is 0.368 e. The summed E-state index contributed by atoms with van der Waals surface area (Å²) in [6.07, 6.45) is 7.07. The minimum Gasteiger partial charge on any atom is -0.368 e. The van der Waals surface area contributed by atoms with Crippen LogP contribution in [0.2, 0.25) is 0 Å². The first-order valence-corrected chi connectivity index (χ1v) is 10.7. The number of piperidine rings is 1. The zero-order chi connectivity index (χ0) is 20.3. The third kappa shape index (κ3) is 4.05. The Bertz CT molecular complexity index is 847. The van der Waals surface area contributed by atoms with Crippen LogP contribution in [0, 0.1) is 0 Å². The molecule has 29 heavy (non-hydrogen) atoms. The Hall–Kier alpha value is -2.31. The van der Waals surface area contributed by atoms with Gasteiger partial charge in [0.05, 0.1) is 18.3 Å². The maximum atomic E-state index is 12.7. The normalized spacial score (nSPS) is 19.0. The van der Waals surface area contributed by atoms with Crippen LogP contribution in [0.5, 0.6) is 0 Å². The molecule has 0 bridgehead atoms. The van der Waals surface area contributed by atoms with E-state index in [4.69, 9.17) is 15.5 Å². The Kier molecular flexibility index (Phi) is 5.92. The minimum absolute atomic E-state index is 0.0667. The van der Waals surface area contributed by atoms with Gasteiger partial charge in [0.25, 0.3) is 0 Å². The number of carbonyl (C=O) groups excluding carboxylic acids is 1. The van der Waals surface area contributed by atoms with Crippen molar-refractivity contribution in [3.8, 4) is 11.4 Å². The van der Waals surface area contributed by atoms with Crippen LogP contribution in [0.4, 0.5) is 0 Å². The number of aromatic nitrogens is 2. The minimum atomic E-state index is -0.426. The lowest BCUT2D eigenvalue weighted by Crippen LogP contribution is -2.52. The van der Waals surface area contributed by atoms with Gasteiger partial charge >= 0.3 is 0 Å². The SMILES string of the molecule is CCCC[C@H](N)C(=O)N1CCC2(CC1)OCCc1cnc(-c3ccccc3)nc12. The molecule has 2 aliphatic heterocycles. The Balaban J connectivity index is 1.53. The number of ether oxygens (including phenoxy) is 1. The zero-order valence-electron chi connectivity index (χ0n) is 17.1. The van der Waals surface area contributed by atoms with E-state index in [0.717, 1.165) is 61.2 Å². The fraction of sp³-hybridized carbons (Fsp3) is 0.522. The van der Waals surface area contributed by atoms with Gasteiger partial charge in [0.2, 0.25) is 5.91 Å². The quantitative estimate of drug-likeness (QED) is 0.843. The topological polar surface area (TPSA) is 81.3 Å². The highest BCUT2D eigenvalue weighted by molar-refractivity contribution is 5.81. The van der Waals surface area contributed by atoms with Crippen LogP contribution in [0.25, 0.3) is 11.4 Å². The Morgan fingerprint density at radius 1 is 1.28 bits per heavy atom. The highest BCUT2D eigenvalue weighted by Gasteiger charge is 2.43. The number of likely N-dealkylation sites (tertiary alicyclic amines) is 1. The van der Waals surface area contributed by atoms with Gasteiger partial charge in [0, 0.05) is 24.8 Å². The number of carbonyl (C=O) groups is 1. The summed E-state index contributed by atoms with van der Waals surface area (Å²) in [7, 11) is 0. The number of hydrogen-bond donors (Lipinski definition) is 1. The van der Waals surface area contributed by atoms with Gasteiger partial charge in [-0.3, -0.25) is 4.79 Å². The molecular formula is C23H30N4O2. The van der Waals surface area contributed by atoms with E-state index in [9.17, 15) is 4.79 Å². The van der Waals surface area contributed by atoms with Crippen molar-refractivity contribution in [1.82, 2.24) is 14.9 Å². The zero-order valence-corrected chi connectivity index (χ0v) is 17.1. The predicted molar refractivity (Wildman–Crippen MR) is 112 cm³/mol. The predicted octanol–water partition coefficient (Wildman–Crippen LogP) is 3.05. The van der Waals surface area contributed by atoms with Gasteiger partial charge in [0.15, 0.2) is 5.82 Å². The summed E-state index contributed by atoms with van der Waals surface area (Å²) in [6, 6.07) is 9.64. The van der Waals surface area contributed by atoms with Crippen LogP contribution >= 0.6 is 0 Å². The molecule has 0 unspecified atom stereocenters. The first-order chi connectivity index (χ1) is 14.1. The lowest BCUT2D eigenvalue weighted by atomic mass is 9.83. The summed E-state index contributed by atoms with van der Waals surface area (Å²) in [4.78, 5) is 24.1. The van der Waals surface area contributed by atoms with E-state index in [0.29, 0.717) is 19.7 Å². The molecule has 0 saturated carbocycles. The van der Waals surface area contributed by atoms with Gasteiger partial charge in [-0.1, -0.05) is 50.1 Å². The molecule has 1 aromatic carbocycles. The number of benzene rings is 1. The fourth-order valence-corrected chi connectivity index (χ4v) is 4.39. The molecule has 6 nitrogen and oxygen atoms in total. The second-order valence-corrected chi connectivity index (χ2v) is 8.10. The molecule has 3 heterocycles. The molecule has 6 heteroatoms. The molecular weight excluding hydrogens is 364 g/mol. The Morgan fingerprint density at radius 2 is 2.03 bits per heavy atom. The molecule has 1 atom stereocenters. The number of unbranched alkanes of at least 4 members (excludes halogenated alkanes) is 1. The van der Waals surface area contributed by atoms with Crippen LogP contribution in [0.15, 0.2) is 36.5 Å². The molecule has 1 fully saturated rings. The van der Waals surface area contributed by atoms with Gasteiger partial charge in [0.1, 0.15) is 5.60 Å². The van der Waals surface area contributed by atoms with Crippen LogP contribution in [-0.2, 0) is 21.6 Å². The molecule has 4 rings (SSSR count). The smallest absolute Gasteiger partial charge is 0.239 e. The molecule has 1 aromatic heterocycles. The number of rotatable bonds is 5. The average Bonchev–Trinajstić information content (AvgIpc) is 2.78. The van der Waals surface area contributed by atoms with Gasteiger partial charge < -0.3 is 15.4 Å². The summed E-state index contributed by atoms with van der Waals surface area (Å²) >= 11 is 0. The van der Waals surface area contributed by atoms with Gasteiger partial charge in [-0.2, -0.15) is 0 Å². The number of fused-ring (bicyclic) bond motifs is 2. The third-order valence-electron chi connectivity index (χ3n) is 6.15. The van der Waals surface area contributed by atoms with E-state index in [1.165, 1.54) is 0 Å². The molecule has 1 amide bonds. The van der Waals surface area contributed by atoms with Crippen LogP contribution in [-0.4, -0.2) is 46.5 Å². The maximum Gasteiger partial charge on any atom is 0.239 e. The third-order valence-corrected chi connectivity index (χ3v) is 6.15. The first-order valence-electron chi connectivity index (χ1n) is 10.7. The van der Waals surface area contributed by atoms with Crippen LogP contribution < -0.4 is 5.73 Å². The summed E-state index contributed by atoms with van der Waals surface area (Å²) in [5, 5.41) is 0. The average molecular weight is 395 g/mol. The van der Waals surface area contributed by atoms with Crippen LogP contribution in [0.1, 0.15) is 50.3 Å². The van der Waals surface area contributed by atoms with Crippen molar-refractivity contribution in [2.45, 2.75) is 57.1 Å². The summed E-state index contributed by atoms with van der Waals surface area (Å²) < 4.78 is 6.32. The van der Waals surface area contributed by atoms with E-state index >= 15 is 0 Å². The van der Waals surface area contributed by atoms with Gasteiger partial charge in [-0.15, -0.1) is 0 Å². The van der Waals surface area contributed by atoms with Crippen molar-refractivity contribution in [3.05, 3.63) is 47.8 Å². The molecule has 0 radical (unpaired) electrons. The lowest BCUT2D eigenvalue weighted by molar-refractivity contribution is -0.142. The number of nitrogens with two attached hydrogens (primary N) is 1. The first kappa shape index (κ1) is 20.0. The summed E-state index contributed by atoms with van der Waals surface area (Å²) in [5.74, 6) is 0.798. The van der Waals surface area contributed by atoms with Gasteiger partial charge in [-0.05, 0) is 31.2 Å². The van der Waals surface area contributed by atoms with Crippen LogP contribution in [0.3, 0.4) is 0 Å². The Morgan fingerprint density at radius 3 is 2.76 bits per heavy atom. The monoisotopic (exact) mass is 394 g/mol.